The number of hydrogen-bond acceptors (Lipinski definition) is 4. The Bertz CT molecular complexity index is 699. The molecular weight excluding hydrogens is 292 g/mol. The van der Waals surface area contributed by atoms with Crippen LogP contribution in [0.2, 0.25) is 0 Å². The average molecular weight is 312 g/mol. The number of carbonyl (C=O) groups is 2. The topological polar surface area (TPSA) is 68.3 Å². The predicted molar refractivity (Wildman–Crippen MR) is 87.5 cm³/mol. The largest absolute Gasteiger partial charge is 0.496 e. The molecule has 0 aliphatic heterocycles. The Morgan fingerprint density at radius 2 is 1.91 bits per heavy atom. The number of hydrogen-bond donors (Lipinski definition) is 1. The first-order valence-corrected chi connectivity index (χ1v) is 7.38. The molecule has 1 aromatic carbocycles. The van der Waals surface area contributed by atoms with Crippen molar-refractivity contribution >= 4 is 11.7 Å². The summed E-state index contributed by atoms with van der Waals surface area (Å²) in [5, 5.41) is 2.94. The van der Waals surface area contributed by atoms with Crippen molar-refractivity contribution in [2.75, 3.05) is 7.11 Å². The number of Topliss-reactive ketones (excluding diaryl/α,β-unsaturated/α-hetero) is 1. The smallest absolute Gasteiger partial charge is 0.225 e. The van der Waals surface area contributed by atoms with Gasteiger partial charge in [-0.3, -0.25) is 14.6 Å². The van der Waals surface area contributed by atoms with Crippen LogP contribution in [0.25, 0.3) is 0 Å². The number of nitrogens with one attached hydrogen (secondary N) is 1. The third-order valence-corrected chi connectivity index (χ3v) is 3.62. The molecule has 0 saturated carbocycles. The quantitative estimate of drug-likeness (QED) is 0.833. The van der Waals surface area contributed by atoms with E-state index in [0.29, 0.717) is 16.9 Å². The van der Waals surface area contributed by atoms with Crippen molar-refractivity contribution < 1.29 is 14.3 Å². The molecule has 1 unspecified atom stereocenters. The molecule has 1 N–H and O–H groups in total. The van der Waals surface area contributed by atoms with Gasteiger partial charge in [-0.25, -0.2) is 0 Å². The number of ether oxygens (including phenoxy) is 1. The van der Waals surface area contributed by atoms with Crippen molar-refractivity contribution in [3.05, 3.63) is 59.4 Å². The van der Waals surface area contributed by atoms with Gasteiger partial charge in [-0.15, -0.1) is 0 Å². The van der Waals surface area contributed by atoms with Gasteiger partial charge in [0.25, 0.3) is 0 Å². The zero-order valence-corrected chi connectivity index (χ0v) is 13.5. The van der Waals surface area contributed by atoms with Gasteiger partial charge in [-0.2, -0.15) is 0 Å². The number of ketones is 1. The van der Waals surface area contributed by atoms with Crippen LogP contribution in [0.15, 0.2) is 42.7 Å². The highest BCUT2D eigenvalue weighted by atomic mass is 16.5. The molecule has 2 rings (SSSR count). The molecule has 2 aromatic rings. The number of carbonyl (C=O) groups excluding carboxylic acids is 2. The first kappa shape index (κ1) is 16.7. The first-order valence-electron chi connectivity index (χ1n) is 7.38. The lowest BCUT2D eigenvalue weighted by atomic mass is 10.0. The van der Waals surface area contributed by atoms with Crippen LogP contribution < -0.4 is 10.1 Å². The van der Waals surface area contributed by atoms with Gasteiger partial charge in [0.15, 0.2) is 5.78 Å². The zero-order chi connectivity index (χ0) is 16.8. The van der Waals surface area contributed by atoms with Gasteiger partial charge in [0.1, 0.15) is 5.75 Å². The van der Waals surface area contributed by atoms with Crippen LogP contribution in [0.3, 0.4) is 0 Å². The molecular formula is C18H20N2O3. The van der Waals surface area contributed by atoms with E-state index in [4.69, 9.17) is 4.74 Å². The maximum Gasteiger partial charge on any atom is 0.225 e. The van der Waals surface area contributed by atoms with Gasteiger partial charge < -0.3 is 10.1 Å². The lowest BCUT2D eigenvalue weighted by molar-refractivity contribution is -0.121. The number of nitrogens with zero attached hydrogens (tertiary/aromatic N) is 1. The molecule has 1 heterocycles. The van der Waals surface area contributed by atoms with Crippen molar-refractivity contribution in [1.29, 1.82) is 0 Å². The zero-order valence-electron chi connectivity index (χ0n) is 13.5. The third kappa shape index (κ3) is 4.39. The molecule has 0 saturated heterocycles. The second-order valence-electron chi connectivity index (χ2n) is 5.33. The number of methoxy groups -OCH3 is 1. The van der Waals surface area contributed by atoms with E-state index < -0.39 is 0 Å². The van der Waals surface area contributed by atoms with Crippen molar-refractivity contribution in [2.45, 2.75) is 26.3 Å². The molecule has 1 amide bonds. The average Bonchev–Trinajstić information content (AvgIpc) is 2.55. The molecule has 0 bridgehead atoms. The van der Waals surface area contributed by atoms with Crippen LogP contribution in [-0.4, -0.2) is 23.8 Å². The second-order valence-corrected chi connectivity index (χ2v) is 5.33. The summed E-state index contributed by atoms with van der Waals surface area (Å²) < 4.78 is 5.27. The van der Waals surface area contributed by atoms with Crippen LogP contribution in [0, 0.1) is 0 Å². The van der Waals surface area contributed by atoms with Crippen LogP contribution in [0.4, 0.5) is 0 Å². The molecule has 1 atom stereocenters. The third-order valence-electron chi connectivity index (χ3n) is 3.62. The predicted octanol–water partition coefficient (Wildman–Crippen LogP) is 2.71. The summed E-state index contributed by atoms with van der Waals surface area (Å²) in [6, 6.07) is 8.72. The molecule has 0 aliphatic rings. The Balaban J connectivity index is 2.10. The SMILES string of the molecule is COc1ccc(C(C)=O)cc1CC(=O)NC(C)c1ccncc1. The summed E-state index contributed by atoms with van der Waals surface area (Å²) in [4.78, 5) is 27.7. The summed E-state index contributed by atoms with van der Waals surface area (Å²) in [5.74, 6) is 0.425. The Labute approximate surface area is 135 Å². The van der Waals surface area contributed by atoms with Crippen LogP contribution in [0.1, 0.15) is 41.4 Å². The van der Waals surface area contributed by atoms with E-state index in [1.165, 1.54) is 6.92 Å². The summed E-state index contributed by atoms with van der Waals surface area (Å²) >= 11 is 0. The van der Waals surface area contributed by atoms with Crippen LogP contribution in [-0.2, 0) is 11.2 Å². The van der Waals surface area contributed by atoms with Gasteiger partial charge in [-0.1, -0.05) is 0 Å². The highest BCUT2D eigenvalue weighted by Gasteiger charge is 2.14. The molecule has 5 heteroatoms. The fourth-order valence-corrected chi connectivity index (χ4v) is 2.34. The van der Waals surface area contributed by atoms with E-state index in [1.807, 2.05) is 19.1 Å². The first-order chi connectivity index (χ1) is 11.0. The van der Waals surface area contributed by atoms with Crippen LogP contribution in [0.5, 0.6) is 5.75 Å². The maximum absolute atomic E-state index is 12.3. The Hall–Kier alpha value is -2.69. The molecule has 120 valence electrons. The highest BCUT2D eigenvalue weighted by Crippen LogP contribution is 2.21. The highest BCUT2D eigenvalue weighted by molar-refractivity contribution is 5.94. The monoisotopic (exact) mass is 312 g/mol. The second kappa shape index (κ2) is 7.54. The summed E-state index contributed by atoms with van der Waals surface area (Å²) in [6.45, 7) is 3.41. The van der Waals surface area contributed by atoms with E-state index in [0.717, 1.165) is 5.56 Å². The Morgan fingerprint density at radius 3 is 2.52 bits per heavy atom. The van der Waals surface area contributed by atoms with Crippen molar-refractivity contribution in [3.63, 3.8) is 0 Å². The minimum absolute atomic E-state index is 0.0422. The fourth-order valence-electron chi connectivity index (χ4n) is 2.34. The maximum atomic E-state index is 12.3. The molecule has 23 heavy (non-hydrogen) atoms. The molecule has 5 nitrogen and oxygen atoms in total. The van der Waals surface area contributed by atoms with Gasteiger partial charge in [0, 0.05) is 23.5 Å². The van der Waals surface area contributed by atoms with E-state index in [9.17, 15) is 9.59 Å². The molecule has 1 aromatic heterocycles. The normalized spacial score (nSPS) is 11.6. The van der Waals surface area contributed by atoms with Crippen molar-refractivity contribution in [1.82, 2.24) is 10.3 Å². The Kier molecular flexibility index (Phi) is 5.46. The van der Waals surface area contributed by atoms with Gasteiger partial charge in [-0.05, 0) is 49.7 Å². The van der Waals surface area contributed by atoms with E-state index in [-0.39, 0.29) is 24.2 Å². The lowest BCUT2D eigenvalue weighted by Gasteiger charge is -2.15. The molecule has 0 radical (unpaired) electrons. The van der Waals surface area contributed by atoms with Gasteiger partial charge >= 0.3 is 0 Å². The summed E-state index contributed by atoms with van der Waals surface area (Å²) in [6.07, 6.45) is 3.54. The van der Waals surface area contributed by atoms with Gasteiger partial charge in [0.2, 0.25) is 5.91 Å². The number of aromatic nitrogens is 1. The number of rotatable bonds is 6. The summed E-state index contributed by atoms with van der Waals surface area (Å²) in [5.41, 5.74) is 2.24. The minimum Gasteiger partial charge on any atom is -0.496 e. The van der Waals surface area contributed by atoms with Crippen molar-refractivity contribution in [3.8, 4) is 5.75 Å². The Morgan fingerprint density at radius 1 is 1.22 bits per heavy atom. The number of benzene rings is 1. The standard InChI is InChI=1S/C18H20N2O3/c1-12(14-6-8-19-9-7-14)20-18(22)11-16-10-15(13(2)21)4-5-17(16)23-3/h4-10,12H,11H2,1-3H3,(H,20,22). The molecule has 0 spiro atoms. The molecule has 0 aliphatic carbocycles. The fraction of sp³-hybridized carbons (Fsp3) is 0.278. The van der Waals surface area contributed by atoms with Crippen molar-refractivity contribution in [2.24, 2.45) is 0 Å². The minimum atomic E-state index is -0.131. The number of amides is 1. The van der Waals surface area contributed by atoms with E-state index >= 15 is 0 Å². The summed E-state index contributed by atoms with van der Waals surface area (Å²) in [7, 11) is 1.55. The molecule has 0 fully saturated rings. The van der Waals surface area contributed by atoms with E-state index in [1.54, 1.807) is 37.7 Å². The number of pyridine rings is 1. The lowest BCUT2D eigenvalue weighted by Crippen LogP contribution is -2.28. The van der Waals surface area contributed by atoms with E-state index in [2.05, 4.69) is 10.3 Å². The van der Waals surface area contributed by atoms with Crippen LogP contribution >= 0.6 is 0 Å². The van der Waals surface area contributed by atoms with Gasteiger partial charge in [0.05, 0.1) is 19.6 Å².